The molecular formula is C9H5Cl3O. The summed E-state index contributed by atoms with van der Waals surface area (Å²) >= 11 is 16.6. The first-order valence-electron chi connectivity index (χ1n) is 3.42. The second kappa shape index (κ2) is 4.66. The van der Waals surface area contributed by atoms with Gasteiger partial charge in [0, 0.05) is 10.0 Å². The Morgan fingerprint density at radius 1 is 1.31 bits per heavy atom. The standard InChI is InChI=1S/C9H5Cl3O/c10-7-3-1-6(8(11)5-7)2-4-9(12)13/h1-5H. The molecule has 0 heterocycles. The van der Waals surface area contributed by atoms with Crippen LogP contribution in [0.1, 0.15) is 5.56 Å². The van der Waals surface area contributed by atoms with Crippen molar-refractivity contribution in [2.24, 2.45) is 0 Å². The first-order chi connectivity index (χ1) is 6.09. The number of hydrogen-bond acceptors (Lipinski definition) is 1. The number of allylic oxidation sites excluding steroid dienone is 1. The van der Waals surface area contributed by atoms with Crippen LogP contribution in [0.2, 0.25) is 10.0 Å². The SMILES string of the molecule is O=C(Cl)C=Cc1ccc(Cl)cc1Cl. The molecule has 1 aromatic carbocycles. The summed E-state index contributed by atoms with van der Waals surface area (Å²) in [5.74, 6) is 0. The van der Waals surface area contributed by atoms with E-state index in [1.165, 1.54) is 12.2 Å². The third-order valence-electron chi connectivity index (χ3n) is 1.36. The van der Waals surface area contributed by atoms with Gasteiger partial charge in [-0.25, -0.2) is 0 Å². The van der Waals surface area contributed by atoms with Crippen LogP contribution in [0.5, 0.6) is 0 Å². The van der Waals surface area contributed by atoms with Gasteiger partial charge in [0.25, 0.3) is 0 Å². The van der Waals surface area contributed by atoms with Crippen molar-refractivity contribution >= 4 is 46.1 Å². The summed E-state index contributed by atoms with van der Waals surface area (Å²) in [6, 6.07) is 4.99. The molecule has 1 rings (SSSR count). The molecular weight excluding hydrogens is 230 g/mol. The summed E-state index contributed by atoms with van der Waals surface area (Å²) in [5.41, 5.74) is 0.708. The van der Waals surface area contributed by atoms with Gasteiger partial charge in [-0.15, -0.1) is 0 Å². The van der Waals surface area contributed by atoms with E-state index in [4.69, 9.17) is 34.8 Å². The second-order valence-corrected chi connectivity index (χ2v) is 3.52. The summed E-state index contributed by atoms with van der Waals surface area (Å²) in [7, 11) is 0. The Morgan fingerprint density at radius 3 is 2.54 bits per heavy atom. The van der Waals surface area contributed by atoms with Gasteiger partial charge in [0.05, 0.1) is 0 Å². The van der Waals surface area contributed by atoms with Crippen molar-refractivity contribution < 1.29 is 4.79 Å². The molecule has 1 nitrogen and oxygen atoms in total. The third kappa shape index (κ3) is 3.39. The van der Waals surface area contributed by atoms with Crippen LogP contribution in [0, 0.1) is 0 Å². The molecule has 0 bridgehead atoms. The second-order valence-electron chi connectivity index (χ2n) is 2.30. The summed E-state index contributed by atoms with van der Waals surface area (Å²) in [6.45, 7) is 0. The first-order valence-corrected chi connectivity index (χ1v) is 4.55. The Labute approximate surface area is 90.9 Å². The van der Waals surface area contributed by atoms with E-state index in [9.17, 15) is 4.79 Å². The Kier molecular flexibility index (Phi) is 3.79. The Bertz CT molecular complexity index is 358. The van der Waals surface area contributed by atoms with Crippen LogP contribution in [0.3, 0.4) is 0 Å². The van der Waals surface area contributed by atoms with E-state index < -0.39 is 5.24 Å². The molecule has 0 spiro atoms. The van der Waals surface area contributed by atoms with E-state index in [1.54, 1.807) is 18.2 Å². The lowest BCUT2D eigenvalue weighted by Crippen LogP contribution is -1.78. The van der Waals surface area contributed by atoms with Gasteiger partial charge in [-0.2, -0.15) is 0 Å². The van der Waals surface area contributed by atoms with Crippen LogP contribution in [-0.4, -0.2) is 5.24 Å². The van der Waals surface area contributed by atoms with E-state index in [-0.39, 0.29) is 0 Å². The van der Waals surface area contributed by atoms with E-state index in [0.29, 0.717) is 15.6 Å². The van der Waals surface area contributed by atoms with Gasteiger partial charge in [0.1, 0.15) is 0 Å². The predicted octanol–water partition coefficient (Wildman–Crippen LogP) is 3.77. The van der Waals surface area contributed by atoms with Crippen LogP contribution in [0.25, 0.3) is 6.08 Å². The fraction of sp³-hybridized carbons (Fsp3) is 0. The molecule has 0 amide bonds. The van der Waals surface area contributed by atoms with E-state index >= 15 is 0 Å². The molecule has 0 radical (unpaired) electrons. The van der Waals surface area contributed by atoms with Crippen molar-refractivity contribution in [1.29, 1.82) is 0 Å². The lowest BCUT2D eigenvalue weighted by Gasteiger charge is -1.97. The van der Waals surface area contributed by atoms with Gasteiger partial charge in [-0.05, 0) is 41.4 Å². The quantitative estimate of drug-likeness (QED) is 0.563. The largest absolute Gasteiger partial charge is 0.276 e. The lowest BCUT2D eigenvalue weighted by atomic mass is 10.2. The zero-order chi connectivity index (χ0) is 9.84. The Balaban J connectivity index is 2.96. The third-order valence-corrected chi connectivity index (χ3v) is 2.04. The van der Waals surface area contributed by atoms with Gasteiger partial charge in [0.2, 0.25) is 5.24 Å². The van der Waals surface area contributed by atoms with Crippen LogP contribution in [0.15, 0.2) is 24.3 Å². The molecule has 1 aromatic rings. The van der Waals surface area contributed by atoms with Crippen molar-refractivity contribution in [3.05, 3.63) is 39.9 Å². The first kappa shape index (κ1) is 10.6. The summed E-state index contributed by atoms with van der Waals surface area (Å²) in [5, 5.41) is 0.507. The minimum absolute atomic E-state index is 0.488. The molecule has 4 heteroatoms. The molecule has 0 aliphatic heterocycles. The fourth-order valence-corrected chi connectivity index (χ4v) is 1.33. The molecule has 0 atom stereocenters. The minimum atomic E-state index is -0.536. The Morgan fingerprint density at radius 2 is 2.00 bits per heavy atom. The van der Waals surface area contributed by atoms with Crippen LogP contribution < -0.4 is 0 Å². The molecule has 0 saturated heterocycles. The summed E-state index contributed by atoms with van der Waals surface area (Å²) < 4.78 is 0. The van der Waals surface area contributed by atoms with Gasteiger partial charge >= 0.3 is 0 Å². The molecule has 0 N–H and O–H groups in total. The highest BCUT2D eigenvalue weighted by Crippen LogP contribution is 2.21. The van der Waals surface area contributed by atoms with Gasteiger partial charge in [-0.1, -0.05) is 29.3 Å². The normalized spacial score (nSPS) is 10.7. The predicted molar refractivity (Wildman–Crippen MR) is 56.4 cm³/mol. The molecule has 0 aromatic heterocycles. The van der Waals surface area contributed by atoms with E-state index in [1.807, 2.05) is 0 Å². The van der Waals surface area contributed by atoms with Crippen LogP contribution in [-0.2, 0) is 4.79 Å². The number of carbonyl (C=O) groups excluding carboxylic acids is 1. The van der Waals surface area contributed by atoms with Crippen molar-refractivity contribution in [2.75, 3.05) is 0 Å². The number of carbonyl (C=O) groups is 1. The molecule has 68 valence electrons. The van der Waals surface area contributed by atoms with Gasteiger partial charge in [0.15, 0.2) is 0 Å². The van der Waals surface area contributed by atoms with Gasteiger partial charge in [-0.3, -0.25) is 4.79 Å². The van der Waals surface area contributed by atoms with E-state index in [0.717, 1.165) is 0 Å². The highest BCUT2D eigenvalue weighted by molar-refractivity contribution is 6.66. The molecule has 0 fully saturated rings. The highest BCUT2D eigenvalue weighted by Gasteiger charge is 1.97. The average molecular weight is 235 g/mol. The van der Waals surface area contributed by atoms with Crippen LogP contribution >= 0.6 is 34.8 Å². The minimum Gasteiger partial charge on any atom is -0.276 e. The summed E-state index contributed by atoms with van der Waals surface area (Å²) in [4.78, 5) is 10.4. The lowest BCUT2D eigenvalue weighted by molar-refractivity contribution is -0.107. The smallest absolute Gasteiger partial charge is 0.245 e. The molecule has 13 heavy (non-hydrogen) atoms. The topological polar surface area (TPSA) is 17.1 Å². The van der Waals surface area contributed by atoms with Crippen molar-refractivity contribution in [3.63, 3.8) is 0 Å². The fourth-order valence-electron chi connectivity index (χ4n) is 0.792. The highest BCUT2D eigenvalue weighted by atomic mass is 35.5. The molecule has 0 saturated carbocycles. The molecule has 0 aliphatic carbocycles. The zero-order valence-corrected chi connectivity index (χ0v) is 8.70. The van der Waals surface area contributed by atoms with E-state index in [2.05, 4.69) is 0 Å². The van der Waals surface area contributed by atoms with Crippen molar-refractivity contribution in [3.8, 4) is 0 Å². The number of hydrogen-bond donors (Lipinski definition) is 0. The van der Waals surface area contributed by atoms with Crippen molar-refractivity contribution in [1.82, 2.24) is 0 Å². The number of halogens is 3. The zero-order valence-electron chi connectivity index (χ0n) is 6.43. The Hall–Kier alpha value is -0.500. The number of benzene rings is 1. The van der Waals surface area contributed by atoms with Gasteiger partial charge < -0.3 is 0 Å². The number of rotatable bonds is 2. The average Bonchev–Trinajstić information content (AvgIpc) is 2.02. The van der Waals surface area contributed by atoms with Crippen LogP contribution in [0.4, 0.5) is 0 Å². The molecule has 0 unspecified atom stereocenters. The molecule has 0 aliphatic rings. The maximum atomic E-state index is 10.4. The maximum Gasteiger partial charge on any atom is 0.245 e. The van der Waals surface area contributed by atoms with Crippen molar-refractivity contribution in [2.45, 2.75) is 0 Å². The maximum absolute atomic E-state index is 10.4. The summed E-state index contributed by atoms with van der Waals surface area (Å²) in [6.07, 6.45) is 2.77. The monoisotopic (exact) mass is 234 g/mol.